The van der Waals surface area contributed by atoms with Crippen molar-refractivity contribution in [3.8, 4) is 11.5 Å². The second-order valence-electron chi connectivity index (χ2n) is 3.59. The van der Waals surface area contributed by atoms with Crippen LogP contribution in [0.2, 0.25) is 0 Å². The SMILES string of the molecule is C=CC(C)Cc1cc(OC)ccc1OC. The predicted octanol–water partition coefficient (Wildman–Crippen LogP) is 3.07. The van der Waals surface area contributed by atoms with E-state index in [2.05, 4.69) is 13.5 Å². The van der Waals surface area contributed by atoms with E-state index in [1.807, 2.05) is 24.3 Å². The minimum atomic E-state index is 0.436. The summed E-state index contributed by atoms with van der Waals surface area (Å²) in [5.41, 5.74) is 1.16. The Kier molecular flexibility index (Phi) is 4.22. The third-order valence-corrected chi connectivity index (χ3v) is 2.43. The number of benzene rings is 1. The summed E-state index contributed by atoms with van der Waals surface area (Å²) in [6, 6.07) is 5.85. The van der Waals surface area contributed by atoms with Crippen LogP contribution in [-0.2, 0) is 6.42 Å². The molecule has 1 atom stereocenters. The molecule has 0 heterocycles. The summed E-state index contributed by atoms with van der Waals surface area (Å²) < 4.78 is 10.5. The monoisotopic (exact) mass is 206 g/mol. The van der Waals surface area contributed by atoms with Gasteiger partial charge in [0.25, 0.3) is 0 Å². The van der Waals surface area contributed by atoms with Crippen LogP contribution in [0.15, 0.2) is 30.9 Å². The molecule has 0 bridgehead atoms. The number of allylic oxidation sites excluding steroid dienone is 1. The molecular formula is C13H18O2. The van der Waals surface area contributed by atoms with Gasteiger partial charge >= 0.3 is 0 Å². The van der Waals surface area contributed by atoms with E-state index in [-0.39, 0.29) is 0 Å². The van der Waals surface area contributed by atoms with Crippen molar-refractivity contribution in [2.24, 2.45) is 5.92 Å². The molecule has 0 amide bonds. The third kappa shape index (κ3) is 3.01. The van der Waals surface area contributed by atoms with E-state index >= 15 is 0 Å². The van der Waals surface area contributed by atoms with Crippen molar-refractivity contribution in [2.75, 3.05) is 14.2 Å². The molecule has 0 saturated carbocycles. The van der Waals surface area contributed by atoms with E-state index in [4.69, 9.17) is 9.47 Å². The molecule has 0 N–H and O–H groups in total. The lowest BCUT2D eigenvalue weighted by Gasteiger charge is -2.12. The lowest BCUT2D eigenvalue weighted by Crippen LogP contribution is -1.99. The summed E-state index contributed by atoms with van der Waals surface area (Å²) in [5.74, 6) is 2.21. The van der Waals surface area contributed by atoms with Crippen LogP contribution in [0.5, 0.6) is 11.5 Å². The first-order chi connectivity index (χ1) is 7.21. The van der Waals surface area contributed by atoms with Gasteiger partial charge in [0.15, 0.2) is 0 Å². The molecule has 0 radical (unpaired) electrons. The summed E-state index contributed by atoms with van der Waals surface area (Å²) in [7, 11) is 3.35. The molecule has 2 nitrogen and oxygen atoms in total. The van der Waals surface area contributed by atoms with Crippen LogP contribution in [0, 0.1) is 5.92 Å². The molecule has 0 fully saturated rings. The standard InChI is InChI=1S/C13H18O2/c1-5-10(2)8-11-9-12(14-3)6-7-13(11)15-4/h5-7,9-10H,1,8H2,2-4H3. The minimum absolute atomic E-state index is 0.436. The van der Waals surface area contributed by atoms with Crippen LogP contribution >= 0.6 is 0 Å². The Morgan fingerprint density at radius 2 is 2.07 bits per heavy atom. The molecule has 82 valence electrons. The van der Waals surface area contributed by atoms with Gasteiger partial charge in [-0.15, -0.1) is 6.58 Å². The molecule has 0 spiro atoms. The molecule has 0 aromatic heterocycles. The van der Waals surface area contributed by atoms with Gasteiger partial charge in [-0.1, -0.05) is 13.0 Å². The maximum atomic E-state index is 5.30. The normalized spacial score (nSPS) is 11.9. The third-order valence-electron chi connectivity index (χ3n) is 2.43. The molecule has 2 heteroatoms. The zero-order valence-corrected chi connectivity index (χ0v) is 9.62. The summed E-state index contributed by atoms with van der Waals surface area (Å²) in [5, 5.41) is 0. The van der Waals surface area contributed by atoms with E-state index in [1.165, 1.54) is 0 Å². The highest BCUT2D eigenvalue weighted by Crippen LogP contribution is 2.26. The zero-order valence-electron chi connectivity index (χ0n) is 9.62. The fourth-order valence-corrected chi connectivity index (χ4v) is 1.47. The molecule has 1 aromatic rings. The first-order valence-corrected chi connectivity index (χ1v) is 5.04. The van der Waals surface area contributed by atoms with Gasteiger partial charge in [-0.25, -0.2) is 0 Å². The summed E-state index contributed by atoms with van der Waals surface area (Å²) >= 11 is 0. The first kappa shape index (κ1) is 11.6. The number of hydrogen-bond donors (Lipinski definition) is 0. The van der Waals surface area contributed by atoms with Crippen LogP contribution in [-0.4, -0.2) is 14.2 Å². The largest absolute Gasteiger partial charge is 0.497 e. The highest BCUT2D eigenvalue weighted by Gasteiger charge is 2.07. The molecule has 0 aliphatic carbocycles. The first-order valence-electron chi connectivity index (χ1n) is 5.04. The quantitative estimate of drug-likeness (QED) is 0.689. The molecule has 1 rings (SSSR count). The molecule has 15 heavy (non-hydrogen) atoms. The Hall–Kier alpha value is -1.44. The smallest absolute Gasteiger partial charge is 0.122 e. The van der Waals surface area contributed by atoms with Gasteiger partial charge in [-0.2, -0.15) is 0 Å². The van der Waals surface area contributed by atoms with E-state index in [0.29, 0.717) is 5.92 Å². The average Bonchev–Trinajstić information content (AvgIpc) is 2.28. The fourth-order valence-electron chi connectivity index (χ4n) is 1.47. The van der Waals surface area contributed by atoms with Gasteiger partial charge in [0.1, 0.15) is 11.5 Å². The van der Waals surface area contributed by atoms with Crippen LogP contribution < -0.4 is 9.47 Å². The topological polar surface area (TPSA) is 18.5 Å². The Labute approximate surface area is 91.5 Å². The number of ether oxygens (including phenoxy) is 2. The van der Waals surface area contributed by atoms with E-state index in [1.54, 1.807) is 14.2 Å². The van der Waals surface area contributed by atoms with Crippen LogP contribution in [0.3, 0.4) is 0 Å². The molecule has 1 aromatic carbocycles. The van der Waals surface area contributed by atoms with Crippen molar-refractivity contribution in [2.45, 2.75) is 13.3 Å². The summed E-state index contributed by atoms with van der Waals surface area (Å²) in [4.78, 5) is 0. The second kappa shape index (κ2) is 5.44. The molecule has 1 unspecified atom stereocenters. The Morgan fingerprint density at radius 3 is 2.60 bits per heavy atom. The minimum Gasteiger partial charge on any atom is -0.497 e. The van der Waals surface area contributed by atoms with Crippen molar-refractivity contribution >= 4 is 0 Å². The van der Waals surface area contributed by atoms with Gasteiger partial charge in [0, 0.05) is 0 Å². The van der Waals surface area contributed by atoms with Gasteiger partial charge in [-0.05, 0) is 36.1 Å². The number of methoxy groups -OCH3 is 2. The lowest BCUT2D eigenvalue weighted by molar-refractivity contribution is 0.397. The molecule has 0 aliphatic heterocycles. The predicted molar refractivity (Wildman–Crippen MR) is 62.6 cm³/mol. The van der Waals surface area contributed by atoms with Gasteiger partial charge < -0.3 is 9.47 Å². The molecule has 0 saturated heterocycles. The lowest BCUT2D eigenvalue weighted by atomic mass is 10.0. The van der Waals surface area contributed by atoms with Gasteiger partial charge in [0.2, 0.25) is 0 Å². The second-order valence-corrected chi connectivity index (χ2v) is 3.59. The van der Waals surface area contributed by atoms with Crippen molar-refractivity contribution in [3.05, 3.63) is 36.4 Å². The Morgan fingerprint density at radius 1 is 1.33 bits per heavy atom. The molecular weight excluding hydrogens is 188 g/mol. The van der Waals surface area contributed by atoms with Crippen molar-refractivity contribution < 1.29 is 9.47 Å². The van der Waals surface area contributed by atoms with Crippen molar-refractivity contribution in [1.82, 2.24) is 0 Å². The van der Waals surface area contributed by atoms with Crippen LogP contribution in [0.1, 0.15) is 12.5 Å². The zero-order chi connectivity index (χ0) is 11.3. The molecule has 0 aliphatic rings. The fraction of sp³-hybridized carbons (Fsp3) is 0.385. The Bertz CT molecular complexity index is 331. The van der Waals surface area contributed by atoms with Crippen LogP contribution in [0.25, 0.3) is 0 Å². The van der Waals surface area contributed by atoms with Crippen molar-refractivity contribution in [3.63, 3.8) is 0 Å². The number of hydrogen-bond acceptors (Lipinski definition) is 2. The average molecular weight is 206 g/mol. The maximum Gasteiger partial charge on any atom is 0.122 e. The number of rotatable bonds is 5. The summed E-state index contributed by atoms with van der Waals surface area (Å²) in [6.45, 7) is 5.91. The van der Waals surface area contributed by atoms with Gasteiger partial charge in [0.05, 0.1) is 14.2 Å². The van der Waals surface area contributed by atoms with E-state index < -0.39 is 0 Å². The maximum absolute atomic E-state index is 5.30. The highest BCUT2D eigenvalue weighted by atomic mass is 16.5. The Balaban J connectivity index is 2.95. The van der Waals surface area contributed by atoms with E-state index in [9.17, 15) is 0 Å². The van der Waals surface area contributed by atoms with E-state index in [0.717, 1.165) is 23.5 Å². The summed E-state index contributed by atoms with van der Waals surface area (Å²) in [6.07, 6.45) is 2.86. The van der Waals surface area contributed by atoms with Gasteiger partial charge in [-0.3, -0.25) is 0 Å². The van der Waals surface area contributed by atoms with Crippen molar-refractivity contribution in [1.29, 1.82) is 0 Å². The highest BCUT2D eigenvalue weighted by molar-refractivity contribution is 5.40. The van der Waals surface area contributed by atoms with Crippen LogP contribution in [0.4, 0.5) is 0 Å².